The lowest BCUT2D eigenvalue weighted by molar-refractivity contribution is -0.885. The maximum absolute atomic E-state index is 12.4. The molecule has 6 heteroatoms. The number of nitrogens with zero attached hydrogens (tertiary/aromatic N) is 1. The van der Waals surface area contributed by atoms with Crippen LogP contribution in [0.4, 0.5) is 5.69 Å². The van der Waals surface area contributed by atoms with E-state index in [4.69, 9.17) is 11.6 Å². The van der Waals surface area contributed by atoms with Gasteiger partial charge >= 0.3 is 0 Å². The molecule has 1 heterocycles. The zero-order valence-electron chi connectivity index (χ0n) is 14.8. The molecular formula is C20H21ClN3OS+. The first-order chi connectivity index (χ1) is 12.6. The van der Waals surface area contributed by atoms with Crippen molar-refractivity contribution in [3.05, 3.63) is 65.3 Å². The van der Waals surface area contributed by atoms with Crippen molar-refractivity contribution in [2.45, 2.75) is 11.4 Å². The first kappa shape index (κ1) is 18.7. The van der Waals surface area contributed by atoms with Gasteiger partial charge in [0.15, 0.2) is 6.54 Å². The highest BCUT2D eigenvalue weighted by atomic mass is 35.5. The number of nitrogens with one attached hydrogen (secondary N) is 2. The molecule has 1 amide bonds. The van der Waals surface area contributed by atoms with Gasteiger partial charge in [0.2, 0.25) is 0 Å². The van der Waals surface area contributed by atoms with Crippen molar-refractivity contribution in [2.24, 2.45) is 0 Å². The van der Waals surface area contributed by atoms with Gasteiger partial charge in [-0.2, -0.15) is 0 Å². The summed E-state index contributed by atoms with van der Waals surface area (Å²) in [6.07, 6.45) is 2.00. The van der Waals surface area contributed by atoms with Gasteiger partial charge in [-0.3, -0.25) is 4.79 Å². The predicted molar refractivity (Wildman–Crippen MR) is 109 cm³/mol. The summed E-state index contributed by atoms with van der Waals surface area (Å²) in [4.78, 5) is 18.9. The van der Waals surface area contributed by atoms with Crippen LogP contribution in [0.3, 0.4) is 0 Å². The number of anilines is 1. The lowest BCUT2D eigenvalue weighted by atomic mass is 10.1. The molecule has 0 radical (unpaired) electrons. The van der Waals surface area contributed by atoms with E-state index in [2.05, 4.69) is 16.4 Å². The van der Waals surface area contributed by atoms with Crippen molar-refractivity contribution < 1.29 is 9.69 Å². The number of thioether (sulfide) groups is 1. The number of carbonyl (C=O) groups excluding carboxylic acids is 1. The number of para-hydroxylation sites is 2. The number of hydrogen-bond donors (Lipinski definition) is 2. The molecule has 1 aromatic heterocycles. The number of amides is 1. The molecule has 1 atom stereocenters. The Kier molecular flexibility index (Phi) is 6.14. The lowest BCUT2D eigenvalue weighted by Gasteiger charge is -2.15. The maximum Gasteiger partial charge on any atom is 0.279 e. The quantitative estimate of drug-likeness (QED) is 0.505. The maximum atomic E-state index is 12.4. The average Bonchev–Trinajstić information content (AvgIpc) is 2.62. The Morgan fingerprint density at radius 1 is 1.19 bits per heavy atom. The average molecular weight is 387 g/mol. The molecule has 0 fully saturated rings. The van der Waals surface area contributed by atoms with Crippen LogP contribution < -0.4 is 10.2 Å². The molecule has 26 heavy (non-hydrogen) atoms. The van der Waals surface area contributed by atoms with E-state index in [0.29, 0.717) is 18.2 Å². The van der Waals surface area contributed by atoms with E-state index in [9.17, 15) is 4.79 Å². The number of carbonyl (C=O) groups is 1. The highest BCUT2D eigenvalue weighted by Gasteiger charge is 2.15. The van der Waals surface area contributed by atoms with E-state index >= 15 is 0 Å². The van der Waals surface area contributed by atoms with Gasteiger partial charge in [0.05, 0.1) is 18.3 Å². The van der Waals surface area contributed by atoms with Gasteiger partial charge in [-0.25, -0.2) is 4.98 Å². The molecule has 0 saturated heterocycles. The van der Waals surface area contributed by atoms with Gasteiger partial charge < -0.3 is 10.2 Å². The first-order valence-corrected chi connectivity index (χ1v) is 9.95. The fourth-order valence-electron chi connectivity index (χ4n) is 2.86. The SMILES string of the molecule is CSc1ccccc1NC(=O)C[NH+](C)Cc1cc2ccccc2nc1Cl. The summed E-state index contributed by atoms with van der Waals surface area (Å²) in [5.41, 5.74) is 2.67. The number of halogens is 1. The van der Waals surface area contributed by atoms with Crippen molar-refractivity contribution in [2.75, 3.05) is 25.2 Å². The molecular weight excluding hydrogens is 366 g/mol. The van der Waals surface area contributed by atoms with E-state index in [1.54, 1.807) is 11.8 Å². The molecule has 0 aliphatic carbocycles. The van der Waals surface area contributed by atoms with Gasteiger partial charge in [0, 0.05) is 15.8 Å². The summed E-state index contributed by atoms with van der Waals surface area (Å²) in [5, 5.41) is 4.54. The van der Waals surface area contributed by atoms with Crippen molar-refractivity contribution in [1.29, 1.82) is 0 Å². The third kappa shape index (κ3) is 4.55. The second kappa shape index (κ2) is 8.54. The third-order valence-electron chi connectivity index (χ3n) is 4.09. The minimum Gasteiger partial charge on any atom is -0.326 e. The van der Waals surface area contributed by atoms with Crippen LogP contribution in [-0.2, 0) is 11.3 Å². The Bertz CT molecular complexity index is 932. The summed E-state index contributed by atoms with van der Waals surface area (Å²) < 4.78 is 0. The number of rotatable bonds is 6. The van der Waals surface area contributed by atoms with Gasteiger partial charge in [-0.1, -0.05) is 41.9 Å². The highest BCUT2D eigenvalue weighted by Crippen LogP contribution is 2.24. The van der Waals surface area contributed by atoms with Crippen LogP contribution in [-0.4, -0.2) is 30.7 Å². The molecule has 2 N–H and O–H groups in total. The van der Waals surface area contributed by atoms with Crippen LogP contribution in [0.2, 0.25) is 5.15 Å². The summed E-state index contributed by atoms with van der Waals surface area (Å²) >= 11 is 7.94. The van der Waals surface area contributed by atoms with E-state index in [1.807, 2.05) is 61.8 Å². The summed E-state index contributed by atoms with van der Waals surface area (Å²) in [6, 6.07) is 17.7. The minimum absolute atomic E-state index is 0.0196. The van der Waals surface area contributed by atoms with E-state index in [-0.39, 0.29) is 5.91 Å². The zero-order chi connectivity index (χ0) is 18.5. The van der Waals surface area contributed by atoms with Crippen LogP contribution in [0.1, 0.15) is 5.56 Å². The van der Waals surface area contributed by atoms with Gasteiger partial charge in [-0.05, 0) is 30.5 Å². The molecule has 1 unspecified atom stereocenters. The zero-order valence-corrected chi connectivity index (χ0v) is 16.3. The normalized spacial score (nSPS) is 12.1. The van der Waals surface area contributed by atoms with Crippen LogP contribution in [0.25, 0.3) is 10.9 Å². The second-order valence-corrected chi connectivity index (χ2v) is 7.40. The second-order valence-electron chi connectivity index (χ2n) is 6.19. The van der Waals surface area contributed by atoms with Crippen LogP contribution in [0.15, 0.2) is 59.5 Å². The van der Waals surface area contributed by atoms with E-state index in [1.165, 1.54) is 0 Å². The molecule has 134 valence electrons. The molecule has 3 aromatic rings. The van der Waals surface area contributed by atoms with Crippen molar-refractivity contribution in [1.82, 2.24) is 4.98 Å². The third-order valence-corrected chi connectivity index (χ3v) is 5.21. The van der Waals surface area contributed by atoms with E-state index < -0.39 is 0 Å². The number of fused-ring (bicyclic) bond motifs is 1. The number of likely N-dealkylation sites (N-methyl/N-ethyl adjacent to an activating group) is 1. The fourth-order valence-corrected chi connectivity index (χ4v) is 3.63. The summed E-state index contributed by atoms with van der Waals surface area (Å²) in [7, 11) is 1.98. The molecule has 0 bridgehead atoms. The topological polar surface area (TPSA) is 46.4 Å². The van der Waals surface area contributed by atoms with Crippen molar-refractivity contribution in [3.63, 3.8) is 0 Å². The Balaban J connectivity index is 1.66. The molecule has 2 aromatic carbocycles. The number of pyridine rings is 1. The van der Waals surface area contributed by atoms with E-state index in [0.717, 1.165) is 31.9 Å². The molecule has 4 nitrogen and oxygen atoms in total. The number of hydrogen-bond acceptors (Lipinski definition) is 3. The fraction of sp³-hybridized carbons (Fsp3) is 0.200. The van der Waals surface area contributed by atoms with Crippen LogP contribution in [0.5, 0.6) is 0 Å². The standard InChI is InChI=1S/C20H20ClN3OS/c1-24(13-19(25)22-17-9-5-6-10-18(17)26-2)12-15-11-14-7-3-4-8-16(14)23-20(15)21/h3-11H,12-13H2,1-2H3,(H,22,25)/p+1. The van der Waals surface area contributed by atoms with Gasteiger partial charge in [0.1, 0.15) is 11.7 Å². The Morgan fingerprint density at radius 3 is 2.73 bits per heavy atom. The Morgan fingerprint density at radius 2 is 1.92 bits per heavy atom. The van der Waals surface area contributed by atoms with Crippen LogP contribution in [0, 0.1) is 0 Å². The smallest absolute Gasteiger partial charge is 0.279 e. The summed E-state index contributed by atoms with van der Waals surface area (Å²) in [6.45, 7) is 0.986. The highest BCUT2D eigenvalue weighted by molar-refractivity contribution is 7.98. The molecule has 0 aliphatic rings. The minimum atomic E-state index is -0.0196. The van der Waals surface area contributed by atoms with Crippen molar-refractivity contribution >= 4 is 45.9 Å². The monoisotopic (exact) mass is 386 g/mol. The Labute approximate surface area is 162 Å². The molecule has 0 aliphatic heterocycles. The summed E-state index contributed by atoms with van der Waals surface area (Å²) in [5.74, 6) is -0.0196. The van der Waals surface area contributed by atoms with Crippen LogP contribution >= 0.6 is 23.4 Å². The molecule has 0 spiro atoms. The lowest BCUT2D eigenvalue weighted by Crippen LogP contribution is -3.08. The van der Waals surface area contributed by atoms with Gasteiger partial charge in [-0.15, -0.1) is 11.8 Å². The number of quaternary nitrogens is 1. The Hall–Kier alpha value is -2.08. The van der Waals surface area contributed by atoms with Crippen molar-refractivity contribution in [3.8, 4) is 0 Å². The van der Waals surface area contributed by atoms with Gasteiger partial charge in [0.25, 0.3) is 5.91 Å². The number of aromatic nitrogens is 1. The largest absolute Gasteiger partial charge is 0.326 e. The predicted octanol–water partition coefficient (Wildman–Crippen LogP) is 3.26. The number of benzene rings is 2. The first-order valence-electron chi connectivity index (χ1n) is 8.35. The molecule has 3 rings (SSSR count). The molecule has 0 saturated carbocycles.